The van der Waals surface area contributed by atoms with Crippen molar-refractivity contribution in [3.63, 3.8) is 0 Å². The predicted molar refractivity (Wildman–Crippen MR) is 87.7 cm³/mol. The molecule has 1 heterocycles. The normalized spacial score (nSPS) is 16.9. The number of ether oxygens (including phenoxy) is 2. The molecule has 0 saturated carbocycles. The summed E-state index contributed by atoms with van der Waals surface area (Å²) in [4.78, 5) is 15.5. The van der Waals surface area contributed by atoms with Crippen molar-refractivity contribution >= 4 is 6.09 Å². The Kier molecular flexibility index (Phi) is 6.67. The van der Waals surface area contributed by atoms with E-state index >= 15 is 0 Å². The van der Waals surface area contributed by atoms with E-state index in [0.29, 0.717) is 26.2 Å². The largest absolute Gasteiger partial charge is 0.491 e. The van der Waals surface area contributed by atoms with Crippen molar-refractivity contribution in [1.29, 1.82) is 0 Å². The van der Waals surface area contributed by atoms with Gasteiger partial charge in [0.15, 0.2) is 0 Å². The van der Waals surface area contributed by atoms with Crippen LogP contribution in [0.1, 0.15) is 12.5 Å². The van der Waals surface area contributed by atoms with Gasteiger partial charge in [-0.1, -0.05) is 12.1 Å². The monoisotopic (exact) mass is 322 g/mol. The van der Waals surface area contributed by atoms with E-state index < -0.39 is 6.10 Å². The number of aliphatic hydroxyl groups is 1. The molecule has 1 fully saturated rings. The molecule has 6 heteroatoms. The zero-order chi connectivity index (χ0) is 16.7. The molecular formula is C17H26N2O4. The molecule has 2 rings (SSSR count). The molecule has 0 aromatic heterocycles. The lowest BCUT2D eigenvalue weighted by atomic mass is 10.2. The number of hydrogen-bond acceptors (Lipinski definition) is 5. The van der Waals surface area contributed by atoms with Gasteiger partial charge in [-0.15, -0.1) is 0 Å². The number of carbonyl (C=O) groups excluding carboxylic acids is 1. The number of benzene rings is 1. The Balaban J connectivity index is 1.68. The minimum Gasteiger partial charge on any atom is -0.491 e. The second kappa shape index (κ2) is 8.74. The first-order valence-electron chi connectivity index (χ1n) is 8.10. The summed E-state index contributed by atoms with van der Waals surface area (Å²) in [7, 11) is 0. The molecule has 0 spiro atoms. The first-order valence-corrected chi connectivity index (χ1v) is 8.10. The molecule has 1 saturated heterocycles. The average Bonchev–Trinajstić information content (AvgIpc) is 2.54. The molecule has 128 valence electrons. The van der Waals surface area contributed by atoms with Gasteiger partial charge in [0.2, 0.25) is 0 Å². The summed E-state index contributed by atoms with van der Waals surface area (Å²) in [6, 6.07) is 7.78. The fourth-order valence-corrected chi connectivity index (χ4v) is 2.58. The van der Waals surface area contributed by atoms with Gasteiger partial charge in [0.1, 0.15) is 18.5 Å². The molecule has 23 heavy (non-hydrogen) atoms. The highest BCUT2D eigenvalue weighted by Gasteiger charge is 2.23. The van der Waals surface area contributed by atoms with Crippen molar-refractivity contribution in [3.8, 4) is 5.75 Å². The smallest absolute Gasteiger partial charge is 0.409 e. The van der Waals surface area contributed by atoms with E-state index in [1.54, 1.807) is 11.8 Å². The van der Waals surface area contributed by atoms with E-state index in [2.05, 4.69) is 4.90 Å². The zero-order valence-electron chi connectivity index (χ0n) is 13.9. The fourth-order valence-electron chi connectivity index (χ4n) is 2.58. The lowest BCUT2D eigenvalue weighted by Crippen LogP contribution is -2.51. The van der Waals surface area contributed by atoms with Crippen molar-refractivity contribution in [1.82, 2.24) is 9.80 Å². The number of aryl methyl sites for hydroxylation is 1. The van der Waals surface area contributed by atoms with Crippen molar-refractivity contribution in [2.45, 2.75) is 20.0 Å². The number of nitrogens with zero attached hydrogens (tertiary/aromatic N) is 2. The highest BCUT2D eigenvalue weighted by molar-refractivity contribution is 5.67. The summed E-state index contributed by atoms with van der Waals surface area (Å²) < 4.78 is 10.6. The lowest BCUT2D eigenvalue weighted by molar-refractivity contribution is 0.0407. The van der Waals surface area contributed by atoms with Gasteiger partial charge in [-0.05, 0) is 31.5 Å². The molecule has 1 aromatic rings. The van der Waals surface area contributed by atoms with Crippen molar-refractivity contribution in [3.05, 3.63) is 29.8 Å². The summed E-state index contributed by atoms with van der Waals surface area (Å²) in [5, 5.41) is 10.1. The molecule has 1 amide bonds. The maximum Gasteiger partial charge on any atom is 0.409 e. The van der Waals surface area contributed by atoms with E-state index in [-0.39, 0.29) is 12.7 Å². The summed E-state index contributed by atoms with van der Waals surface area (Å²) in [6.07, 6.45) is -0.805. The number of amides is 1. The van der Waals surface area contributed by atoms with Gasteiger partial charge < -0.3 is 19.5 Å². The summed E-state index contributed by atoms with van der Waals surface area (Å²) in [6.45, 7) is 7.75. The van der Waals surface area contributed by atoms with Crippen LogP contribution in [0.5, 0.6) is 5.75 Å². The molecule has 0 bridgehead atoms. The Morgan fingerprint density at radius 2 is 2.04 bits per heavy atom. The molecular weight excluding hydrogens is 296 g/mol. The second-order valence-corrected chi connectivity index (χ2v) is 5.77. The number of rotatable bonds is 6. The van der Waals surface area contributed by atoms with Gasteiger partial charge >= 0.3 is 6.09 Å². The maximum absolute atomic E-state index is 11.6. The number of hydrogen-bond donors (Lipinski definition) is 1. The third kappa shape index (κ3) is 5.73. The average molecular weight is 322 g/mol. The van der Waals surface area contributed by atoms with Crippen LogP contribution in [-0.2, 0) is 4.74 Å². The van der Waals surface area contributed by atoms with E-state index in [0.717, 1.165) is 24.4 Å². The Morgan fingerprint density at radius 3 is 2.70 bits per heavy atom. The second-order valence-electron chi connectivity index (χ2n) is 5.77. The Morgan fingerprint density at radius 1 is 1.30 bits per heavy atom. The lowest BCUT2D eigenvalue weighted by Gasteiger charge is -2.34. The standard InChI is InChI=1S/C17H26N2O4/c1-3-22-17(21)19-9-7-18(8-10-19)12-15(20)13-23-16-6-4-5-14(2)11-16/h4-6,11,15,20H,3,7-10,12-13H2,1-2H3/t15-/m1/s1. The highest BCUT2D eigenvalue weighted by atomic mass is 16.6. The van der Waals surface area contributed by atoms with Crippen LogP contribution in [0.3, 0.4) is 0 Å². The molecule has 1 aliphatic heterocycles. The molecule has 1 aromatic carbocycles. The van der Waals surface area contributed by atoms with Gasteiger partial charge in [-0.3, -0.25) is 4.90 Å². The third-order valence-corrected chi connectivity index (χ3v) is 3.80. The van der Waals surface area contributed by atoms with Crippen molar-refractivity contribution in [2.24, 2.45) is 0 Å². The summed E-state index contributed by atoms with van der Waals surface area (Å²) >= 11 is 0. The number of piperazine rings is 1. The Labute approximate surface area is 137 Å². The van der Waals surface area contributed by atoms with Crippen LogP contribution in [0.25, 0.3) is 0 Å². The van der Waals surface area contributed by atoms with Crippen LogP contribution in [0, 0.1) is 6.92 Å². The van der Waals surface area contributed by atoms with Crippen molar-refractivity contribution in [2.75, 3.05) is 45.9 Å². The van der Waals surface area contributed by atoms with Gasteiger partial charge in [-0.25, -0.2) is 4.79 Å². The third-order valence-electron chi connectivity index (χ3n) is 3.80. The maximum atomic E-state index is 11.6. The predicted octanol–water partition coefficient (Wildman–Crippen LogP) is 1.51. The van der Waals surface area contributed by atoms with Gasteiger partial charge in [0.25, 0.3) is 0 Å². The number of β-amino-alcohol motifs (C(OH)–C–C–N with tert-alkyl or cyclic N) is 1. The highest BCUT2D eigenvalue weighted by Crippen LogP contribution is 2.13. The zero-order valence-corrected chi connectivity index (χ0v) is 13.9. The SMILES string of the molecule is CCOC(=O)N1CCN(C[C@@H](O)COc2cccc(C)c2)CC1. The van der Waals surface area contributed by atoms with Crippen LogP contribution in [0.15, 0.2) is 24.3 Å². The Hall–Kier alpha value is -1.79. The van der Waals surface area contributed by atoms with E-state index in [9.17, 15) is 9.90 Å². The van der Waals surface area contributed by atoms with Gasteiger partial charge in [-0.2, -0.15) is 0 Å². The fraction of sp³-hybridized carbons (Fsp3) is 0.588. The minimum absolute atomic E-state index is 0.254. The number of carbonyl (C=O) groups is 1. The first-order chi connectivity index (χ1) is 11.1. The first kappa shape index (κ1) is 17.6. The van der Waals surface area contributed by atoms with Crippen LogP contribution in [0.4, 0.5) is 4.79 Å². The topological polar surface area (TPSA) is 62.2 Å². The molecule has 6 nitrogen and oxygen atoms in total. The molecule has 1 atom stereocenters. The van der Waals surface area contributed by atoms with Crippen LogP contribution >= 0.6 is 0 Å². The van der Waals surface area contributed by atoms with E-state index in [1.807, 2.05) is 31.2 Å². The van der Waals surface area contributed by atoms with Crippen molar-refractivity contribution < 1.29 is 19.4 Å². The van der Waals surface area contributed by atoms with Gasteiger partial charge in [0.05, 0.1) is 6.61 Å². The Bertz CT molecular complexity index is 501. The molecule has 0 aliphatic carbocycles. The van der Waals surface area contributed by atoms with E-state index in [1.165, 1.54) is 0 Å². The quantitative estimate of drug-likeness (QED) is 0.860. The summed E-state index contributed by atoms with van der Waals surface area (Å²) in [5.74, 6) is 0.774. The van der Waals surface area contributed by atoms with Crippen LogP contribution < -0.4 is 4.74 Å². The minimum atomic E-state index is -0.551. The molecule has 1 N–H and O–H groups in total. The molecule has 1 aliphatic rings. The van der Waals surface area contributed by atoms with Crippen LogP contribution in [-0.4, -0.2) is 73.0 Å². The van der Waals surface area contributed by atoms with Crippen LogP contribution in [0.2, 0.25) is 0 Å². The molecule has 0 radical (unpaired) electrons. The summed E-state index contributed by atoms with van der Waals surface area (Å²) in [5.41, 5.74) is 1.13. The van der Waals surface area contributed by atoms with E-state index in [4.69, 9.17) is 9.47 Å². The number of aliphatic hydroxyl groups excluding tert-OH is 1. The van der Waals surface area contributed by atoms with Gasteiger partial charge in [0, 0.05) is 32.7 Å². The molecule has 0 unspecified atom stereocenters.